The number of amides is 3. The molecule has 0 saturated carbocycles. The van der Waals surface area contributed by atoms with Crippen molar-refractivity contribution in [3.05, 3.63) is 54.4 Å². The van der Waals surface area contributed by atoms with Gasteiger partial charge in [0.2, 0.25) is 17.7 Å². The molecule has 3 amide bonds. The maximum Gasteiger partial charge on any atom is 0.240 e. The van der Waals surface area contributed by atoms with Gasteiger partial charge in [-0.1, -0.05) is 6.07 Å². The van der Waals surface area contributed by atoms with Gasteiger partial charge in [0.05, 0.1) is 0 Å². The fourth-order valence-electron chi connectivity index (χ4n) is 2.24. The van der Waals surface area contributed by atoms with Crippen LogP contribution in [0.25, 0.3) is 0 Å². The van der Waals surface area contributed by atoms with E-state index in [0.717, 1.165) is 5.56 Å². The third-order valence-electron chi connectivity index (χ3n) is 3.40. The van der Waals surface area contributed by atoms with Crippen molar-refractivity contribution in [3.8, 4) is 0 Å². The summed E-state index contributed by atoms with van der Waals surface area (Å²) >= 11 is 0. The molecule has 0 unspecified atom stereocenters. The number of anilines is 2. The summed E-state index contributed by atoms with van der Waals surface area (Å²) in [7, 11) is 0. The monoisotopic (exact) mass is 340 g/mol. The smallest absolute Gasteiger partial charge is 0.240 e. The second kappa shape index (κ2) is 8.58. The summed E-state index contributed by atoms with van der Waals surface area (Å²) in [5.41, 5.74) is 2.02. The van der Waals surface area contributed by atoms with Gasteiger partial charge in [0.1, 0.15) is 6.54 Å². The highest BCUT2D eigenvalue weighted by Gasteiger charge is 2.16. The average Bonchev–Trinajstić information content (AvgIpc) is 2.58. The van der Waals surface area contributed by atoms with Crippen molar-refractivity contribution in [1.82, 2.24) is 10.3 Å². The van der Waals surface area contributed by atoms with E-state index < -0.39 is 0 Å². The molecule has 0 atom stereocenters. The Hall–Kier alpha value is -3.22. The lowest BCUT2D eigenvalue weighted by atomic mass is 10.2. The summed E-state index contributed by atoms with van der Waals surface area (Å²) in [4.78, 5) is 40.6. The fraction of sp³-hybridized carbons (Fsp3) is 0.222. The van der Waals surface area contributed by atoms with Gasteiger partial charge in [-0.25, -0.2) is 0 Å². The number of pyridine rings is 1. The van der Waals surface area contributed by atoms with Crippen molar-refractivity contribution in [1.29, 1.82) is 0 Å². The van der Waals surface area contributed by atoms with E-state index >= 15 is 0 Å². The molecular formula is C18H20N4O3. The van der Waals surface area contributed by atoms with Gasteiger partial charge in [0, 0.05) is 44.2 Å². The van der Waals surface area contributed by atoms with E-state index in [2.05, 4.69) is 15.6 Å². The van der Waals surface area contributed by atoms with Crippen molar-refractivity contribution < 1.29 is 14.4 Å². The largest absolute Gasteiger partial charge is 0.350 e. The van der Waals surface area contributed by atoms with Gasteiger partial charge in [-0.15, -0.1) is 0 Å². The first kappa shape index (κ1) is 18.1. The highest BCUT2D eigenvalue weighted by Crippen LogP contribution is 2.19. The van der Waals surface area contributed by atoms with E-state index in [0.29, 0.717) is 17.9 Å². The highest BCUT2D eigenvalue weighted by molar-refractivity contribution is 5.98. The lowest BCUT2D eigenvalue weighted by Crippen LogP contribution is -2.39. The lowest BCUT2D eigenvalue weighted by Gasteiger charge is -2.21. The summed E-state index contributed by atoms with van der Waals surface area (Å²) in [5.74, 6) is -0.752. The van der Waals surface area contributed by atoms with E-state index in [1.165, 1.54) is 18.7 Å². The summed E-state index contributed by atoms with van der Waals surface area (Å²) in [5, 5.41) is 5.43. The molecule has 1 heterocycles. The first-order valence-corrected chi connectivity index (χ1v) is 7.77. The summed E-state index contributed by atoms with van der Waals surface area (Å²) in [6, 6.07) is 10.4. The molecule has 130 valence electrons. The van der Waals surface area contributed by atoms with E-state index in [1.807, 2.05) is 0 Å². The van der Waals surface area contributed by atoms with Crippen molar-refractivity contribution >= 4 is 29.1 Å². The molecule has 1 aromatic carbocycles. The third kappa shape index (κ3) is 5.72. The standard InChI is InChI=1S/C18H20N4O3/c1-13(23)21-16-4-3-5-17(10-16)22(14(2)24)12-18(25)20-11-15-6-8-19-9-7-15/h3-10H,11-12H2,1-2H3,(H,20,25)(H,21,23). The van der Waals surface area contributed by atoms with Crippen LogP contribution in [-0.4, -0.2) is 29.3 Å². The molecule has 0 bridgehead atoms. The molecule has 0 saturated heterocycles. The van der Waals surface area contributed by atoms with Crippen LogP contribution in [-0.2, 0) is 20.9 Å². The quantitative estimate of drug-likeness (QED) is 0.837. The van der Waals surface area contributed by atoms with E-state index in [9.17, 15) is 14.4 Å². The van der Waals surface area contributed by atoms with Gasteiger partial charge in [0.15, 0.2) is 0 Å². The Labute approximate surface area is 146 Å². The number of carbonyl (C=O) groups is 3. The number of carbonyl (C=O) groups excluding carboxylic acids is 3. The molecule has 2 rings (SSSR count). The van der Waals surface area contributed by atoms with Gasteiger partial charge in [-0.05, 0) is 35.9 Å². The molecule has 0 aliphatic rings. The predicted octanol–water partition coefficient (Wildman–Crippen LogP) is 1.71. The zero-order valence-corrected chi connectivity index (χ0v) is 14.2. The molecule has 2 aromatic rings. The van der Waals surface area contributed by atoms with Crippen molar-refractivity contribution in [2.75, 3.05) is 16.8 Å². The number of benzene rings is 1. The van der Waals surface area contributed by atoms with Crippen molar-refractivity contribution in [3.63, 3.8) is 0 Å². The van der Waals surface area contributed by atoms with Crippen LogP contribution in [0.2, 0.25) is 0 Å². The van der Waals surface area contributed by atoms with Crippen LogP contribution < -0.4 is 15.5 Å². The summed E-state index contributed by atoms with van der Waals surface area (Å²) in [6.45, 7) is 3.05. The normalized spacial score (nSPS) is 10.0. The van der Waals surface area contributed by atoms with Crippen LogP contribution in [0.5, 0.6) is 0 Å². The van der Waals surface area contributed by atoms with Crippen molar-refractivity contribution in [2.24, 2.45) is 0 Å². The van der Waals surface area contributed by atoms with Gasteiger partial charge in [-0.2, -0.15) is 0 Å². The molecule has 25 heavy (non-hydrogen) atoms. The van der Waals surface area contributed by atoms with Crippen molar-refractivity contribution in [2.45, 2.75) is 20.4 Å². The Bertz CT molecular complexity index is 762. The Morgan fingerprint density at radius 3 is 2.44 bits per heavy atom. The number of aromatic nitrogens is 1. The Balaban J connectivity index is 2.04. The van der Waals surface area contributed by atoms with E-state index in [-0.39, 0.29) is 24.3 Å². The Morgan fingerprint density at radius 2 is 1.80 bits per heavy atom. The van der Waals surface area contributed by atoms with Crippen LogP contribution in [0.1, 0.15) is 19.4 Å². The fourth-order valence-corrected chi connectivity index (χ4v) is 2.24. The molecule has 0 aliphatic carbocycles. The molecule has 2 N–H and O–H groups in total. The SMILES string of the molecule is CC(=O)Nc1cccc(N(CC(=O)NCc2ccncc2)C(C)=O)c1. The Kier molecular flexibility index (Phi) is 6.22. The number of nitrogens with zero attached hydrogens (tertiary/aromatic N) is 2. The van der Waals surface area contributed by atoms with Gasteiger partial charge in [-0.3, -0.25) is 19.4 Å². The molecule has 7 heteroatoms. The number of hydrogen-bond donors (Lipinski definition) is 2. The molecular weight excluding hydrogens is 320 g/mol. The van der Waals surface area contributed by atoms with Crippen LogP contribution >= 0.6 is 0 Å². The molecule has 0 fully saturated rings. The lowest BCUT2D eigenvalue weighted by molar-refractivity contribution is -0.123. The van der Waals surface area contributed by atoms with Crippen LogP contribution in [0.15, 0.2) is 48.8 Å². The molecule has 1 aromatic heterocycles. The first-order valence-electron chi connectivity index (χ1n) is 7.77. The molecule has 0 spiro atoms. The van der Waals surface area contributed by atoms with E-state index in [4.69, 9.17) is 0 Å². The van der Waals surface area contributed by atoms with E-state index in [1.54, 1.807) is 48.8 Å². The minimum absolute atomic E-state index is 0.107. The average molecular weight is 340 g/mol. The minimum Gasteiger partial charge on any atom is -0.350 e. The topological polar surface area (TPSA) is 91.4 Å². The number of hydrogen-bond acceptors (Lipinski definition) is 4. The summed E-state index contributed by atoms with van der Waals surface area (Å²) in [6.07, 6.45) is 3.30. The second-order valence-electron chi connectivity index (χ2n) is 5.47. The Morgan fingerprint density at radius 1 is 1.08 bits per heavy atom. The molecule has 0 aliphatic heterocycles. The van der Waals surface area contributed by atoms with Crippen LogP contribution in [0, 0.1) is 0 Å². The summed E-state index contributed by atoms with van der Waals surface area (Å²) < 4.78 is 0. The first-order chi connectivity index (χ1) is 12.0. The number of nitrogens with one attached hydrogen (secondary N) is 2. The third-order valence-corrected chi connectivity index (χ3v) is 3.40. The maximum absolute atomic E-state index is 12.2. The second-order valence-corrected chi connectivity index (χ2v) is 5.47. The minimum atomic E-state index is -0.281. The van der Waals surface area contributed by atoms with Crippen LogP contribution in [0.3, 0.4) is 0 Å². The molecule has 7 nitrogen and oxygen atoms in total. The van der Waals surface area contributed by atoms with Gasteiger partial charge in [0.25, 0.3) is 0 Å². The zero-order valence-electron chi connectivity index (χ0n) is 14.2. The van der Waals surface area contributed by atoms with Crippen LogP contribution in [0.4, 0.5) is 11.4 Å². The van der Waals surface area contributed by atoms with Gasteiger partial charge < -0.3 is 15.5 Å². The zero-order chi connectivity index (χ0) is 18.2. The van der Waals surface area contributed by atoms with Gasteiger partial charge >= 0.3 is 0 Å². The maximum atomic E-state index is 12.2. The number of rotatable bonds is 6. The highest BCUT2D eigenvalue weighted by atomic mass is 16.2. The predicted molar refractivity (Wildman–Crippen MR) is 94.9 cm³/mol. The molecule has 0 radical (unpaired) electrons.